The molecule has 0 amide bonds. The maximum absolute atomic E-state index is 3.30. The third kappa shape index (κ3) is 6.48. The van der Waals surface area contributed by atoms with Crippen LogP contribution >= 0.6 is 0 Å². The minimum absolute atomic E-state index is 0. The molecule has 0 radical (unpaired) electrons. The maximum Gasteiger partial charge on any atom is -0.0253 e. The van der Waals surface area contributed by atoms with E-state index in [0.29, 0.717) is 5.41 Å². The average molecular weight is 609 g/mol. The molecule has 0 saturated heterocycles. The van der Waals surface area contributed by atoms with Crippen molar-refractivity contribution in [3.63, 3.8) is 0 Å². The molecular weight excluding hydrogens is 571 g/mol. The van der Waals surface area contributed by atoms with Crippen LogP contribution in [0, 0.1) is 23.8 Å². The second-order valence-corrected chi connectivity index (χ2v) is 13.7. The summed E-state index contributed by atoms with van der Waals surface area (Å²) in [5, 5.41) is 0. The normalized spacial score (nSPS) is 27.8. The van der Waals surface area contributed by atoms with Crippen LogP contribution in [0.2, 0.25) is 0 Å². The first-order valence-electron chi connectivity index (χ1n) is 14.0. The van der Waals surface area contributed by atoms with Crippen molar-refractivity contribution >= 4 is 3.21 Å². The molecule has 6 aliphatic rings. The minimum Gasteiger partial charge on any atom is -0.210 e. The summed E-state index contributed by atoms with van der Waals surface area (Å²) >= 11 is 1.69. The van der Waals surface area contributed by atoms with E-state index in [0.717, 1.165) is 24.2 Å². The first-order valence-corrected chi connectivity index (χ1v) is 15.3. The monoisotopic (exact) mass is 606 g/mol. The van der Waals surface area contributed by atoms with Gasteiger partial charge in [0.15, 0.2) is 0 Å². The van der Waals surface area contributed by atoms with E-state index < -0.39 is 0 Å². The quantitative estimate of drug-likeness (QED) is 0.292. The van der Waals surface area contributed by atoms with Gasteiger partial charge in [-0.05, 0) is 43.4 Å². The number of halogens is 2. The molecule has 0 aromatic heterocycles. The summed E-state index contributed by atoms with van der Waals surface area (Å²) in [5.41, 5.74) is 7.80. The Morgan fingerprint density at radius 1 is 0.784 bits per heavy atom. The molecule has 3 aromatic rings. The fourth-order valence-corrected chi connectivity index (χ4v) is 9.04. The van der Waals surface area contributed by atoms with E-state index in [1.54, 1.807) is 52.3 Å². The van der Waals surface area contributed by atoms with Gasteiger partial charge < -0.3 is 24.8 Å². The van der Waals surface area contributed by atoms with Crippen molar-refractivity contribution in [2.45, 2.75) is 82.5 Å². The van der Waals surface area contributed by atoms with Crippen LogP contribution in [-0.2, 0) is 36.1 Å². The Morgan fingerprint density at radius 2 is 1.43 bits per heavy atom. The van der Waals surface area contributed by atoms with Crippen LogP contribution in [0.4, 0.5) is 0 Å². The van der Waals surface area contributed by atoms with Crippen LogP contribution in [0.3, 0.4) is 0 Å². The van der Waals surface area contributed by atoms with Gasteiger partial charge in [0.25, 0.3) is 0 Å². The van der Waals surface area contributed by atoms with E-state index in [9.17, 15) is 0 Å². The summed E-state index contributed by atoms with van der Waals surface area (Å²) in [4.78, 5) is 0. The molecule has 5 saturated carbocycles. The van der Waals surface area contributed by atoms with Gasteiger partial charge in [-0.15, -0.1) is 5.56 Å². The van der Waals surface area contributed by atoms with Crippen LogP contribution in [0.15, 0.2) is 66.7 Å². The van der Waals surface area contributed by atoms with Crippen molar-refractivity contribution in [3.05, 3.63) is 89.5 Å². The van der Waals surface area contributed by atoms with Gasteiger partial charge in [0, 0.05) is 0 Å². The van der Waals surface area contributed by atoms with Gasteiger partial charge in [0.1, 0.15) is 0 Å². The topological polar surface area (TPSA) is 0 Å². The van der Waals surface area contributed by atoms with Crippen molar-refractivity contribution in [1.82, 2.24) is 0 Å². The van der Waals surface area contributed by atoms with E-state index in [2.05, 4.69) is 66.7 Å². The van der Waals surface area contributed by atoms with Gasteiger partial charge in [-0.3, -0.25) is 0 Å². The second-order valence-electron chi connectivity index (χ2n) is 11.9. The molecule has 0 unspecified atom stereocenters. The second kappa shape index (κ2) is 13.0. The fourth-order valence-electron chi connectivity index (χ4n) is 8.17. The van der Waals surface area contributed by atoms with Gasteiger partial charge in [-0.2, -0.15) is 53.6 Å². The van der Waals surface area contributed by atoms with Gasteiger partial charge in [-0.1, -0.05) is 60.1 Å². The first kappa shape index (κ1) is 29.1. The summed E-state index contributed by atoms with van der Waals surface area (Å²) in [6.45, 7) is 0. The summed E-state index contributed by atoms with van der Waals surface area (Å²) in [5.74, 6) is 3.23. The zero-order valence-corrected chi connectivity index (χ0v) is 25.8. The average Bonchev–Trinajstić information content (AvgIpc) is 3.54. The molecule has 37 heavy (non-hydrogen) atoms. The Bertz CT molecular complexity index is 1080. The van der Waals surface area contributed by atoms with Crippen molar-refractivity contribution in [2.75, 3.05) is 0 Å². The van der Waals surface area contributed by atoms with Gasteiger partial charge in [-0.25, -0.2) is 6.07 Å². The molecule has 0 spiro atoms. The zero-order valence-electron chi connectivity index (χ0n) is 21.8. The van der Waals surface area contributed by atoms with E-state index in [4.69, 9.17) is 0 Å². The number of hydrogen-bond donors (Lipinski definition) is 0. The van der Waals surface area contributed by atoms with Gasteiger partial charge in [0.05, 0.1) is 0 Å². The first-order chi connectivity index (χ1) is 17.2. The molecule has 5 fully saturated rings. The van der Waals surface area contributed by atoms with Crippen LogP contribution in [0.5, 0.6) is 0 Å². The summed E-state index contributed by atoms with van der Waals surface area (Å²) in [7, 11) is 0. The Hall–Kier alpha value is -0.877. The van der Waals surface area contributed by atoms with Crippen LogP contribution in [-0.4, -0.2) is 3.21 Å². The molecule has 3 heteroatoms. The number of fused-ring (bicyclic) bond motifs is 3. The van der Waals surface area contributed by atoms with Crippen LogP contribution < -0.4 is 24.8 Å². The number of hydrogen-bond acceptors (Lipinski definition) is 0. The molecule has 0 N–H and O–H groups in total. The summed E-state index contributed by atoms with van der Waals surface area (Å²) in [6, 6.07) is 27.3. The van der Waals surface area contributed by atoms with E-state index in [1.165, 1.54) is 73.6 Å². The molecule has 0 heterocycles. The van der Waals surface area contributed by atoms with E-state index >= 15 is 0 Å². The molecule has 0 atom stereocenters. The number of rotatable bonds is 1. The minimum atomic E-state index is 0. The Balaban J connectivity index is 0.000000134. The molecule has 4 bridgehead atoms. The van der Waals surface area contributed by atoms with Crippen LogP contribution in [0.1, 0.15) is 87.3 Å². The molecule has 6 aliphatic carbocycles. The zero-order chi connectivity index (χ0) is 23.7. The van der Waals surface area contributed by atoms with Crippen LogP contribution in [0.25, 0.3) is 11.1 Å². The van der Waals surface area contributed by atoms with Gasteiger partial charge in [0.2, 0.25) is 0 Å². The van der Waals surface area contributed by atoms with Crippen molar-refractivity contribution in [2.24, 2.45) is 17.8 Å². The predicted molar refractivity (Wildman–Crippen MR) is 143 cm³/mol. The van der Waals surface area contributed by atoms with E-state index in [1.807, 2.05) is 6.07 Å². The van der Waals surface area contributed by atoms with Gasteiger partial charge >= 0.3 is 59.5 Å². The molecule has 0 aliphatic heterocycles. The van der Waals surface area contributed by atoms with Crippen molar-refractivity contribution in [3.8, 4) is 11.1 Å². The molecule has 3 aromatic carbocycles. The molecule has 0 nitrogen and oxygen atoms in total. The fraction of sp³-hybridized carbons (Fsp3) is 0.471. The Kier molecular flexibility index (Phi) is 10.2. The van der Waals surface area contributed by atoms with Crippen molar-refractivity contribution in [1.29, 1.82) is 0 Å². The van der Waals surface area contributed by atoms with E-state index in [-0.39, 0.29) is 24.8 Å². The summed E-state index contributed by atoms with van der Waals surface area (Å²) in [6.07, 6.45) is 17.5. The largest absolute Gasteiger partial charge is 0.210 e. The summed E-state index contributed by atoms with van der Waals surface area (Å²) < 4.78 is 1.80. The number of benzene rings is 2. The Morgan fingerprint density at radius 3 is 2.03 bits per heavy atom. The molecule has 194 valence electrons. The Labute approximate surface area is 251 Å². The standard InChI is InChI=1S/C15H19.C13H9.C6H10.2ClH.Zr/c1-2-4-14(3-1)15-8-11-5-12(9-15)7-13(6-11)10-15;1-3-7-12-10(5-1)9-11-6-2-4-8-13(11)12;1-2-4-6-5-3-1;;;/h1-4,11-13H,5-10H2;1-5,7-8H,9H2;1-5H2;2*1H;/q2*-1;;;;+2/p-2. The SMILES string of the molecule is [Cl-].[Cl-].[Zr+2]=[C]1CCCCC1.[c-]1cccc2c1Cc1ccccc1-2.c1cc(C23CC4CC(CC(C4)C2)C3)c[cH-]1. The third-order valence-corrected chi connectivity index (χ3v) is 10.6. The smallest absolute Gasteiger partial charge is 0.0253 e. The van der Waals surface area contributed by atoms with Crippen molar-refractivity contribution < 1.29 is 49.0 Å². The third-order valence-electron chi connectivity index (χ3n) is 9.39. The molecular formula is C34H38Cl2Zr-2. The maximum atomic E-state index is 3.30. The predicted octanol–water partition coefficient (Wildman–Crippen LogP) is 2.61. The molecule has 9 rings (SSSR count).